The van der Waals surface area contributed by atoms with E-state index in [1.165, 1.54) is 22.4 Å². The van der Waals surface area contributed by atoms with Crippen molar-refractivity contribution in [3.05, 3.63) is 169 Å². The third-order valence-electron chi connectivity index (χ3n) is 11.9. The zero-order valence-electron chi connectivity index (χ0n) is 31.3. The average Bonchev–Trinajstić information content (AvgIpc) is 3.73. The number of nitrogens with zero attached hydrogens (tertiary/aromatic N) is 8. The molecule has 2 atom stereocenters. The first-order valence-corrected chi connectivity index (χ1v) is 19.4. The fourth-order valence-electron chi connectivity index (χ4n) is 9.37. The largest absolute Gasteiger partial charge is 0.302 e. The molecule has 5 heterocycles. The fraction of sp³-hybridized carbons (Fsp3) is 0.191. The van der Waals surface area contributed by atoms with Crippen molar-refractivity contribution in [1.29, 1.82) is 0 Å². The van der Waals surface area contributed by atoms with Crippen LogP contribution in [-0.4, -0.2) is 32.3 Å². The molecule has 0 spiro atoms. The Morgan fingerprint density at radius 1 is 0.545 bits per heavy atom. The second-order valence-corrected chi connectivity index (χ2v) is 14.5. The van der Waals surface area contributed by atoms with Gasteiger partial charge in [-0.2, -0.15) is 0 Å². The number of para-hydroxylation sites is 6. The van der Waals surface area contributed by atoms with Crippen molar-refractivity contribution in [3.8, 4) is 0 Å². The van der Waals surface area contributed by atoms with E-state index in [0.29, 0.717) is 0 Å². The van der Waals surface area contributed by atoms with Crippen LogP contribution in [0.25, 0.3) is 11.0 Å². The predicted octanol–water partition coefficient (Wildman–Crippen LogP) is 10.9. The molecule has 8 nitrogen and oxygen atoms in total. The molecule has 0 bridgehead atoms. The number of hydrogen-bond donors (Lipinski definition) is 0. The average molecular weight is 719 g/mol. The standard InChI is InChI=1S/C47H42N8/c1-4-47(5-2)36-23-13-17-27-41(36)55-43-42(48-30-31-49-43)54(35-21-10-7-11-22-35)46(55)37(47)29-28-33-18-12-16-26-40(33)53-32(3)52(34-19-8-6-9-20-34)44-45(53)51-39-25-15-14-24-38(39)50-44/h6-27,29-32,46H,4-5,28H2,1-3H3/b37-29+. The minimum absolute atomic E-state index is 0.0690. The van der Waals surface area contributed by atoms with Crippen molar-refractivity contribution in [2.75, 3.05) is 19.6 Å². The lowest BCUT2D eigenvalue weighted by atomic mass is 9.65. The van der Waals surface area contributed by atoms with Crippen LogP contribution >= 0.6 is 0 Å². The van der Waals surface area contributed by atoms with Crippen LogP contribution in [0, 0.1) is 0 Å². The molecule has 0 amide bonds. The number of hydrogen-bond acceptors (Lipinski definition) is 8. The van der Waals surface area contributed by atoms with Crippen molar-refractivity contribution in [2.45, 2.75) is 57.8 Å². The maximum atomic E-state index is 5.29. The Balaban J connectivity index is 1.15. The predicted molar refractivity (Wildman–Crippen MR) is 223 cm³/mol. The van der Waals surface area contributed by atoms with Gasteiger partial charge in [-0.05, 0) is 91.4 Å². The number of allylic oxidation sites excluding steroid dienone is 1. The zero-order valence-corrected chi connectivity index (χ0v) is 31.3. The van der Waals surface area contributed by atoms with Gasteiger partial charge in [0.05, 0.1) is 11.0 Å². The third-order valence-corrected chi connectivity index (χ3v) is 11.9. The molecule has 10 rings (SSSR count). The third kappa shape index (κ3) is 4.97. The summed E-state index contributed by atoms with van der Waals surface area (Å²) in [5, 5.41) is 0. The quantitative estimate of drug-likeness (QED) is 0.151. The Morgan fingerprint density at radius 3 is 1.73 bits per heavy atom. The van der Waals surface area contributed by atoms with E-state index in [-0.39, 0.29) is 17.7 Å². The lowest BCUT2D eigenvalue weighted by Crippen LogP contribution is -2.51. The Kier molecular flexibility index (Phi) is 7.87. The number of rotatable bonds is 7. The summed E-state index contributed by atoms with van der Waals surface area (Å²) in [5.41, 5.74) is 9.99. The van der Waals surface area contributed by atoms with Crippen molar-refractivity contribution in [3.63, 3.8) is 0 Å². The molecule has 0 N–H and O–H groups in total. The van der Waals surface area contributed by atoms with Gasteiger partial charge < -0.3 is 9.80 Å². The van der Waals surface area contributed by atoms with Gasteiger partial charge in [0.15, 0.2) is 23.3 Å². The van der Waals surface area contributed by atoms with Crippen molar-refractivity contribution < 1.29 is 0 Å². The molecule has 3 aliphatic heterocycles. The molecule has 2 aromatic heterocycles. The lowest BCUT2D eigenvalue weighted by Gasteiger charge is -2.49. The molecule has 270 valence electrons. The van der Waals surface area contributed by atoms with Crippen LogP contribution in [0.2, 0.25) is 0 Å². The highest BCUT2D eigenvalue weighted by Crippen LogP contribution is 2.58. The highest BCUT2D eigenvalue weighted by atomic mass is 15.5. The van der Waals surface area contributed by atoms with Gasteiger partial charge in [0.2, 0.25) is 0 Å². The number of benzene rings is 5. The monoisotopic (exact) mass is 718 g/mol. The van der Waals surface area contributed by atoms with Gasteiger partial charge in [-0.1, -0.05) is 105 Å². The van der Waals surface area contributed by atoms with E-state index < -0.39 is 0 Å². The minimum atomic E-state index is -0.205. The molecule has 0 radical (unpaired) electrons. The van der Waals surface area contributed by atoms with Crippen LogP contribution in [0.4, 0.5) is 46.0 Å². The van der Waals surface area contributed by atoms with E-state index in [2.05, 4.69) is 162 Å². The van der Waals surface area contributed by atoms with Gasteiger partial charge >= 0.3 is 0 Å². The number of aromatic nitrogens is 4. The summed E-state index contributed by atoms with van der Waals surface area (Å²) in [7, 11) is 0. The molecule has 3 aliphatic rings. The smallest absolute Gasteiger partial charge is 0.179 e. The highest BCUT2D eigenvalue weighted by Gasteiger charge is 2.53. The Labute approximate surface area is 322 Å². The Morgan fingerprint density at radius 2 is 1.07 bits per heavy atom. The molecule has 7 aromatic rings. The molecule has 0 fully saturated rings. The van der Waals surface area contributed by atoms with Crippen molar-refractivity contribution >= 4 is 57.1 Å². The maximum absolute atomic E-state index is 5.29. The molecular formula is C47H42N8. The van der Waals surface area contributed by atoms with Crippen LogP contribution in [0.1, 0.15) is 44.7 Å². The normalized spacial score (nSPS) is 18.7. The van der Waals surface area contributed by atoms with Gasteiger partial charge in [0, 0.05) is 40.6 Å². The van der Waals surface area contributed by atoms with Crippen molar-refractivity contribution in [1.82, 2.24) is 19.9 Å². The van der Waals surface area contributed by atoms with E-state index >= 15 is 0 Å². The van der Waals surface area contributed by atoms with Crippen LogP contribution in [-0.2, 0) is 11.8 Å². The van der Waals surface area contributed by atoms with E-state index in [9.17, 15) is 0 Å². The van der Waals surface area contributed by atoms with Crippen molar-refractivity contribution in [2.24, 2.45) is 0 Å². The second kappa shape index (κ2) is 13.1. The second-order valence-electron chi connectivity index (χ2n) is 14.5. The molecule has 0 aliphatic carbocycles. The van der Waals surface area contributed by atoms with E-state index in [1.54, 1.807) is 0 Å². The van der Waals surface area contributed by atoms with E-state index in [1.807, 2.05) is 30.6 Å². The topological polar surface area (TPSA) is 64.5 Å². The SMILES string of the molecule is CCC1(CC)/C(=C/Cc2ccccc2N2c3nc4ccccc4nc3N(c3ccccc3)C2C)C2N(c3ccccc3)c3nccnc3N2c2ccccc21. The molecule has 0 saturated carbocycles. The maximum Gasteiger partial charge on any atom is 0.179 e. The van der Waals surface area contributed by atoms with Crippen LogP contribution < -0.4 is 19.6 Å². The first-order chi connectivity index (χ1) is 27.1. The number of fused-ring (bicyclic) bond motifs is 7. The summed E-state index contributed by atoms with van der Waals surface area (Å²) in [4.78, 5) is 30.0. The molecule has 2 unspecified atom stereocenters. The highest BCUT2D eigenvalue weighted by molar-refractivity contribution is 5.91. The summed E-state index contributed by atoms with van der Waals surface area (Å²) in [6.07, 6.45) is 8.58. The van der Waals surface area contributed by atoms with Crippen LogP contribution in [0.15, 0.2) is 158 Å². The first kappa shape index (κ1) is 33.1. The molecule has 0 saturated heterocycles. The summed E-state index contributed by atoms with van der Waals surface area (Å²) >= 11 is 0. The summed E-state index contributed by atoms with van der Waals surface area (Å²) in [6.45, 7) is 6.93. The molecule has 8 heteroatoms. The molecule has 5 aromatic carbocycles. The Hall–Kier alpha value is -6.54. The molecule has 55 heavy (non-hydrogen) atoms. The summed E-state index contributed by atoms with van der Waals surface area (Å²) in [5.74, 6) is 3.48. The minimum Gasteiger partial charge on any atom is -0.302 e. The molecular weight excluding hydrogens is 677 g/mol. The van der Waals surface area contributed by atoms with Gasteiger partial charge in [0.1, 0.15) is 12.3 Å². The number of anilines is 8. The van der Waals surface area contributed by atoms with E-state index in [0.717, 1.165) is 70.6 Å². The van der Waals surface area contributed by atoms with Crippen LogP contribution in [0.3, 0.4) is 0 Å². The fourth-order valence-corrected chi connectivity index (χ4v) is 9.37. The van der Waals surface area contributed by atoms with Gasteiger partial charge in [-0.25, -0.2) is 19.9 Å². The van der Waals surface area contributed by atoms with Crippen LogP contribution in [0.5, 0.6) is 0 Å². The van der Waals surface area contributed by atoms with Gasteiger partial charge in [-0.3, -0.25) is 9.80 Å². The van der Waals surface area contributed by atoms with E-state index in [4.69, 9.17) is 19.9 Å². The summed E-state index contributed by atoms with van der Waals surface area (Å²) in [6, 6.07) is 47.1. The summed E-state index contributed by atoms with van der Waals surface area (Å²) < 4.78 is 0. The van der Waals surface area contributed by atoms with Gasteiger partial charge in [0.25, 0.3) is 0 Å². The zero-order chi connectivity index (χ0) is 37.1. The van der Waals surface area contributed by atoms with Gasteiger partial charge in [-0.15, -0.1) is 0 Å². The Bertz CT molecular complexity index is 2570. The lowest BCUT2D eigenvalue weighted by molar-refractivity contribution is 0.422. The first-order valence-electron chi connectivity index (χ1n) is 19.4.